The Morgan fingerprint density at radius 2 is 2.17 bits per heavy atom. The molecule has 0 spiro atoms. The van der Waals surface area contributed by atoms with Gasteiger partial charge in [0.15, 0.2) is 9.84 Å². The van der Waals surface area contributed by atoms with Crippen molar-refractivity contribution in [1.82, 2.24) is 15.3 Å². The minimum atomic E-state index is -3.04. The van der Waals surface area contributed by atoms with Gasteiger partial charge in [0.2, 0.25) is 5.91 Å². The van der Waals surface area contributed by atoms with Gasteiger partial charge in [-0.25, -0.2) is 18.4 Å². The Morgan fingerprint density at radius 3 is 2.83 bits per heavy atom. The zero-order chi connectivity index (χ0) is 17.5. The molecule has 1 N–H and O–H groups in total. The highest BCUT2D eigenvalue weighted by Crippen LogP contribution is 2.34. The summed E-state index contributed by atoms with van der Waals surface area (Å²) in [5, 5.41) is 4.67. The van der Waals surface area contributed by atoms with Gasteiger partial charge in [-0.05, 0) is 32.8 Å². The van der Waals surface area contributed by atoms with Crippen LogP contribution in [0.1, 0.15) is 23.8 Å². The van der Waals surface area contributed by atoms with Crippen molar-refractivity contribution in [2.45, 2.75) is 37.8 Å². The quantitative estimate of drug-likeness (QED) is 0.640. The molecule has 0 saturated carbocycles. The van der Waals surface area contributed by atoms with Crippen LogP contribution < -0.4 is 5.32 Å². The molecule has 130 valence electrons. The molecule has 1 amide bonds. The maximum Gasteiger partial charge on any atom is 0.230 e. The Balaban J connectivity index is 1.69. The summed E-state index contributed by atoms with van der Waals surface area (Å²) in [6.45, 7) is 5.87. The molecule has 1 atom stereocenters. The largest absolute Gasteiger partial charge is 0.349 e. The number of nitrogens with zero attached hydrogens (tertiary/aromatic N) is 2. The van der Waals surface area contributed by atoms with E-state index in [4.69, 9.17) is 0 Å². The summed E-state index contributed by atoms with van der Waals surface area (Å²) >= 11 is 2.98. The van der Waals surface area contributed by atoms with E-state index in [1.54, 1.807) is 18.3 Å². The minimum absolute atomic E-state index is 0.0109. The van der Waals surface area contributed by atoms with Crippen LogP contribution in [0.15, 0.2) is 11.4 Å². The van der Waals surface area contributed by atoms with E-state index in [0.717, 1.165) is 20.8 Å². The maximum absolute atomic E-state index is 12.2. The van der Waals surface area contributed by atoms with Crippen molar-refractivity contribution in [2.24, 2.45) is 0 Å². The van der Waals surface area contributed by atoms with Crippen molar-refractivity contribution in [3.8, 4) is 0 Å². The van der Waals surface area contributed by atoms with E-state index in [0.29, 0.717) is 6.42 Å². The first-order chi connectivity index (χ1) is 11.2. The van der Waals surface area contributed by atoms with Crippen molar-refractivity contribution >= 4 is 49.1 Å². The molecule has 3 heterocycles. The van der Waals surface area contributed by atoms with E-state index in [1.165, 1.54) is 23.0 Å². The monoisotopic (exact) mass is 385 g/mol. The van der Waals surface area contributed by atoms with Gasteiger partial charge < -0.3 is 5.32 Å². The maximum atomic E-state index is 12.2. The van der Waals surface area contributed by atoms with Crippen molar-refractivity contribution in [1.29, 1.82) is 0 Å². The molecule has 1 aliphatic rings. The number of hydrogen-bond donors (Lipinski definition) is 1. The third-order valence-electron chi connectivity index (χ3n) is 4.22. The fourth-order valence-electron chi connectivity index (χ4n) is 2.88. The van der Waals surface area contributed by atoms with Gasteiger partial charge in [0.05, 0.1) is 22.8 Å². The number of carbonyl (C=O) groups excluding carboxylic acids is 1. The number of amides is 1. The van der Waals surface area contributed by atoms with Crippen molar-refractivity contribution in [3.63, 3.8) is 0 Å². The number of aromatic nitrogens is 2. The highest BCUT2D eigenvalue weighted by atomic mass is 32.2. The lowest BCUT2D eigenvalue weighted by molar-refractivity contribution is -0.120. The average molecular weight is 386 g/mol. The van der Waals surface area contributed by atoms with Crippen LogP contribution in [0.4, 0.5) is 0 Å². The van der Waals surface area contributed by atoms with Gasteiger partial charge in [-0.2, -0.15) is 0 Å². The number of carbonyl (C=O) groups is 1. The van der Waals surface area contributed by atoms with Crippen LogP contribution in [-0.4, -0.2) is 47.1 Å². The van der Waals surface area contributed by atoms with Crippen LogP contribution in [0.2, 0.25) is 0 Å². The number of sulfone groups is 1. The van der Waals surface area contributed by atoms with Gasteiger partial charge in [-0.1, -0.05) is 11.8 Å². The second kappa shape index (κ2) is 6.27. The molecular weight excluding hydrogens is 366 g/mol. The number of rotatable bonds is 4. The van der Waals surface area contributed by atoms with Gasteiger partial charge in [-0.15, -0.1) is 11.3 Å². The number of hydrogen-bond acceptors (Lipinski definition) is 7. The number of nitrogens with one attached hydrogen (secondary N) is 1. The SMILES string of the molecule is Cc1sc2ncnc(SCC(=O)N[C@@]3(C)CCS(=O)(=O)C3)c2c1C. The Kier molecular flexibility index (Phi) is 4.61. The topological polar surface area (TPSA) is 89.0 Å². The van der Waals surface area contributed by atoms with E-state index < -0.39 is 15.4 Å². The van der Waals surface area contributed by atoms with Gasteiger partial charge in [-0.3, -0.25) is 4.79 Å². The molecule has 2 aromatic rings. The van der Waals surface area contributed by atoms with E-state index in [-0.39, 0.29) is 23.2 Å². The van der Waals surface area contributed by atoms with Crippen molar-refractivity contribution < 1.29 is 13.2 Å². The summed E-state index contributed by atoms with van der Waals surface area (Å²) in [6, 6.07) is 0. The molecule has 1 aliphatic heterocycles. The molecule has 1 fully saturated rings. The Bertz CT molecular complexity index is 907. The fourth-order valence-corrected chi connectivity index (χ4v) is 6.89. The van der Waals surface area contributed by atoms with Crippen LogP contribution >= 0.6 is 23.1 Å². The normalized spacial score (nSPS) is 22.8. The van der Waals surface area contributed by atoms with Crippen molar-refractivity contribution in [3.05, 3.63) is 16.8 Å². The molecule has 24 heavy (non-hydrogen) atoms. The van der Waals surface area contributed by atoms with Gasteiger partial charge in [0.1, 0.15) is 16.2 Å². The molecule has 2 aromatic heterocycles. The summed E-state index contributed by atoms with van der Waals surface area (Å²) in [7, 11) is -3.04. The summed E-state index contributed by atoms with van der Waals surface area (Å²) in [5.41, 5.74) is 0.485. The standard InChI is InChI=1S/C15H19N3O3S3/c1-9-10(2)23-14-12(9)13(16-8-17-14)22-6-11(19)18-15(3)4-5-24(20,21)7-15/h8H,4-7H2,1-3H3,(H,18,19)/t15-/m0/s1. The Labute approximate surface area is 149 Å². The molecule has 3 rings (SSSR count). The average Bonchev–Trinajstić information content (AvgIpc) is 2.93. The molecule has 0 unspecified atom stereocenters. The first kappa shape index (κ1) is 17.6. The van der Waals surface area contributed by atoms with Gasteiger partial charge in [0, 0.05) is 10.3 Å². The second-order valence-electron chi connectivity index (χ2n) is 6.38. The first-order valence-electron chi connectivity index (χ1n) is 7.54. The third kappa shape index (κ3) is 3.57. The molecule has 1 saturated heterocycles. The smallest absolute Gasteiger partial charge is 0.230 e. The fraction of sp³-hybridized carbons (Fsp3) is 0.533. The van der Waals surface area contributed by atoms with E-state index in [9.17, 15) is 13.2 Å². The molecule has 9 heteroatoms. The first-order valence-corrected chi connectivity index (χ1v) is 11.2. The molecular formula is C15H19N3O3S3. The molecule has 0 radical (unpaired) electrons. The van der Waals surface area contributed by atoms with Crippen molar-refractivity contribution in [2.75, 3.05) is 17.3 Å². The predicted octanol–water partition coefficient (Wildman–Crippen LogP) is 2.09. The molecule has 0 aromatic carbocycles. The predicted molar refractivity (Wildman–Crippen MR) is 97.4 cm³/mol. The lowest BCUT2D eigenvalue weighted by Crippen LogP contribution is -2.47. The van der Waals surface area contributed by atoms with E-state index in [2.05, 4.69) is 15.3 Å². The van der Waals surface area contributed by atoms with Crippen LogP contribution in [0.25, 0.3) is 10.2 Å². The summed E-state index contributed by atoms with van der Waals surface area (Å²) in [4.78, 5) is 23.0. The van der Waals surface area contributed by atoms with E-state index >= 15 is 0 Å². The van der Waals surface area contributed by atoms with Crippen LogP contribution in [0, 0.1) is 13.8 Å². The van der Waals surface area contributed by atoms with Gasteiger partial charge in [0.25, 0.3) is 0 Å². The van der Waals surface area contributed by atoms with Crippen LogP contribution in [0.3, 0.4) is 0 Å². The summed E-state index contributed by atoms with van der Waals surface area (Å²) in [6.07, 6.45) is 1.98. The lowest BCUT2D eigenvalue weighted by Gasteiger charge is -2.23. The number of thiophene rings is 1. The second-order valence-corrected chi connectivity index (χ2v) is 10.7. The Morgan fingerprint density at radius 1 is 1.42 bits per heavy atom. The Hall–Kier alpha value is -1.19. The van der Waals surface area contributed by atoms with E-state index in [1.807, 2.05) is 13.8 Å². The third-order valence-corrected chi connectivity index (χ3v) is 8.22. The minimum Gasteiger partial charge on any atom is -0.349 e. The molecule has 0 bridgehead atoms. The summed E-state index contributed by atoms with van der Waals surface area (Å²) in [5.74, 6) is 0.181. The highest BCUT2D eigenvalue weighted by Gasteiger charge is 2.39. The van der Waals surface area contributed by atoms with Crippen LogP contribution in [-0.2, 0) is 14.6 Å². The number of aryl methyl sites for hydroxylation is 2. The molecule has 6 nitrogen and oxygen atoms in total. The zero-order valence-corrected chi connectivity index (χ0v) is 16.2. The molecule has 0 aliphatic carbocycles. The highest BCUT2D eigenvalue weighted by molar-refractivity contribution is 8.00. The lowest BCUT2D eigenvalue weighted by atomic mass is 10.0. The number of fused-ring (bicyclic) bond motifs is 1. The summed E-state index contributed by atoms with van der Waals surface area (Å²) < 4.78 is 23.2. The number of thioether (sulfide) groups is 1. The zero-order valence-electron chi connectivity index (χ0n) is 13.7. The van der Waals surface area contributed by atoms with Crippen LogP contribution in [0.5, 0.6) is 0 Å². The van der Waals surface area contributed by atoms with Gasteiger partial charge >= 0.3 is 0 Å².